The summed E-state index contributed by atoms with van der Waals surface area (Å²) in [6.07, 6.45) is 3.11. The van der Waals surface area contributed by atoms with Crippen LogP contribution in [0.4, 0.5) is 10.1 Å². The first-order valence-corrected chi connectivity index (χ1v) is 6.55. The molecular formula is C14H21FN2O. The molecule has 2 N–H and O–H groups in total. The van der Waals surface area contributed by atoms with Gasteiger partial charge in [0.1, 0.15) is 5.82 Å². The lowest BCUT2D eigenvalue weighted by molar-refractivity contribution is 0.290. The van der Waals surface area contributed by atoms with Crippen LogP contribution in [0.3, 0.4) is 0 Å². The Balaban J connectivity index is 2.08. The third kappa shape index (κ3) is 3.43. The van der Waals surface area contributed by atoms with Gasteiger partial charge in [-0.25, -0.2) is 4.39 Å². The monoisotopic (exact) mass is 252 g/mol. The van der Waals surface area contributed by atoms with E-state index < -0.39 is 0 Å². The van der Waals surface area contributed by atoms with E-state index in [-0.39, 0.29) is 12.4 Å². The molecule has 1 aliphatic carbocycles. The number of nitrogens with zero attached hydrogens (tertiary/aromatic N) is 1. The predicted molar refractivity (Wildman–Crippen MR) is 71.2 cm³/mol. The number of nitrogens with one attached hydrogen (secondary N) is 1. The van der Waals surface area contributed by atoms with Gasteiger partial charge in [-0.15, -0.1) is 0 Å². The molecular weight excluding hydrogens is 231 g/mol. The second-order valence-corrected chi connectivity index (χ2v) is 4.90. The number of hydrogen-bond donors (Lipinski definition) is 2. The van der Waals surface area contributed by atoms with E-state index in [1.54, 1.807) is 6.07 Å². The molecule has 1 aromatic carbocycles. The molecule has 0 atom stereocenters. The van der Waals surface area contributed by atoms with Gasteiger partial charge in [0, 0.05) is 32.8 Å². The summed E-state index contributed by atoms with van der Waals surface area (Å²) in [6, 6.07) is 5.82. The van der Waals surface area contributed by atoms with Crippen molar-refractivity contribution in [1.82, 2.24) is 5.32 Å². The number of halogens is 1. The van der Waals surface area contributed by atoms with Gasteiger partial charge in [0.15, 0.2) is 0 Å². The average molecular weight is 252 g/mol. The molecule has 1 fully saturated rings. The van der Waals surface area contributed by atoms with Crippen molar-refractivity contribution in [2.24, 2.45) is 0 Å². The number of benzene rings is 1. The zero-order valence-corrected chi connectivity index (χ0v) is 10.8. The Morgan fingerprint density at radius 1 is 1.44 bits per heavy atom. The van der Waals surface area contributed by atoms with E-state index in [0.29, 0.717) is 31.2 Å². The summed E-state index contributed by atoms with van der Waals surface area (Å²) in [5.41, 5.74) is 1.64. The highest BCUT2D eigenvalue weighted by molar-refractivity contribution is 5.54. The summed E-state index contributed by atoms with van der Waals surface area (Å²) in [6.45, 7) is 1.50. The molecule has 1 aliphatic rings. The fourth-order valence-electron chi connectivity index (χ4n) is 2.09. The van der Waals surface area contributed by atoms with E-state index in [9.17, 15) is 4.39 Å². The van der Waals surface area contributed by atoms with Crippen molar-refractivity contribution < 1.29 is 9.50 Å². The second-order valence-electron chi connectivity index (χ2n) is 4.90. The van der Waals surface area contributed by atoms with Crippen molar-refractivity contribution in [1.29, 1.82) is 0 Å². The van der Waals surface area contributed by atoms with Crippen molar-refractivity contribution in [3.63, 3.8) is 0 Å². The molecule has 4 heteroatoms. The quantitative estimate of drug-likeness (QED) is 0.778. The van der Waals surface area contributed by atoms with E-state index >= 15 is 0 Å². The molecule has 0 radical (unpaired) electrons. The van der Waals surface area contributed by atoms with Gasteiger partial charge in [0.25, 0.3) is 0 Å². The molecule has 2 rings (SSSR count). The van der Waals surface area contributed by atoms with Gasteiger partial charge >= 0.3 is 0 Å². The van der Waals surface area contributed by atoms with Crippen LogP contribution < -0.4 is 10.2 Å². The Morgan fingerprint density at radius 3 is 2.89 bits per heavy atom. The highest BCUT2D eigenvalue weighted by Crippen LogP contribution is 2.25. The fraction of sp³-hybridized carbons (Fsp3) is 0.571. The summed E-state index contributed by atoms with van der Waals surface area (Å²) >= 11 is 0. The largest absolute Gasteiger partial charge is 0.396 e. The van der Waals surface area contributed by atoms with Crippen molar-refractivity contribution in [2.75, 3.05) is 25.1 Å². The Labute approximate surface area is 108 Å². The summed E-state index contributed by atoms with van der Waals surface area (Å²) in [7, 11) is 1.87. The smallest absolute Gasteiger partial charge is 0.146 e. The molecule has 0 unspecified atom stereocenters. The molecule has 0 aliphatic heterocycles. The van der Waals surface area contributed by atoms with Crippen LogP contribution in [0.15, 0.2) is 18.2 Å². The molecule has 0 aromatic heterocycles. The van der Waals surface area contributed by atoms with Crippen LogP contribution in [-0.2, 0) is 6.54 Å². The van der Waals surface area contributed by atoms with Crippen LogP contribution in [0.25, 0.3) is 0 Å². The van der Waals surface area contributed by atoms with Crippen LogP contribution in [0.2, 0.25) is 0 Å². The lowest BCUT2D eigenvalue weighted by Crippen LogP contribution is -2.24. The van der Waals surface area contributed by atoms with Gasteiger partial charge in [-0.1, -0.05) is 12.1 Å². The van der Waals surface area contributed by atoms with Gasteiger partial charge < -0.3 is 15.3 Å². The van der Waals surface area contributed by atoms with Crippen LogP contribution in [-0.4, -0.2) is 31.3 Å². The number of para-hydroxylation sites is 1. The summed E-state index contributed by atoms with van der Waals surface area (Å²) < 4.78 is 13.9. The van der Waals surface area contributed by atoms with E-state index in [2.05, 4.69) is 5.32 Å². The average Bonchev–Trinajstić information content (AvgIpc) is 3.17. The first-order chi connectivity index (χ1) is 8.72. The molecule has 1 saturated carbocycles. The van der Waals surface area contributed by atoms with Crippen LogP contribution in [0, 0.1) is 5.82 Å². The van der Waals surface area contributed by atoms with E-state index in [0.717, 1.165) is 5.56 Å². The number of aliphatic hydroxyl groups excluding tert-OH is 1. The lowest BCUT2D eigenvalue weighted by Gasteiger charge is -2.23. The first kappa shape index (κ1) is 13.3. The molecule has 18 heavy (non-hydrogen) atoms. The minimum atomic E-state index is -0.189. The molecule has 0 amide bonds. The summed E-state index contributed by atoms with van der Waals surface area (Å²) in [5, 5.41) is 12.3. The molecule has 0 saturated heterocycles. The Kier molecular flexibility index (Phi) is 4.55. The number of anilines is 1. The molecule has 3 nitrogen and oxygen atoms in total. The third-order valence-electron chi connectivity index (χ3n) is 3.26. The summed E-state index contributed by atoms with van der Waals surface area (Å²) in [4.78, 5) is 1.88. The number of hydrogen-bond acceptors (Lipinski definition) is 3. The maximum Gasteiger partial charge on any atom is 0.146 e. The van der Waals surface area contributed by atoms with Crippen molar-refractivity contribution in [2.45, 2.75) is 31.8 Å². The first-order valence-electron chi connectivity index (χ1n) is 6.55. The van der Waals surface area contributed by atoms with Crippen molar-refractivity contribution in [3.05, 3.63) is 29.6 Å². The molecule has 0 bridgehead atoms. The Morgan fingerprint density at radius 2 is 2.22 bits per heavy atom. The predicted octanol–water partition coefficient (Wildman–Crippen LogP) is 1.90. The zero-order valence-electron chi connectivity index (χ0n) is 10.8. The molecule has 100 valence electrons. The van der Waals surface area contributed by atoms with Crippen molar-refractivity contribution in [3.8, 4) is 0 Å². The minimum absolute atomic E-state index is 0.133. The molecule has 0 heterocycles. The third-order valence-corrected chi connectivity index (χ3v) is 3.26. The maximum absolute atomic E-state index is 13.9. The Hall–Kier alpha value is -1.13. The van der Waals surface area contributed by atoms with Crippen LogP contribution >= 0.6 is 0 Å². The molecule has 0 spiro atoms. The van der Waals surface area contributed by atoms with Gasteiger partial charge in [-0.3, -0.25) is 0 Å². The zero-order chi connectivity index (χ0) is 13.0. The van der Waals surface area contributed by atoms with Gasteiger partial charge in [0.2, 0.25) is 0 Å². The number of aliphatic hydroxyl groups is 1. The fourth-order valence-corrected chi connectivity index (χ4v) is 2.09. The Bertz CT molecular complexity index is 393. The highest BCUT2D eigenvalue weighted by atomic mass is 19.1. The maximum atomic E-state index is 13.9. The van der Waals surface area contributed by atoms with Gasteiger partial charge in [0.05, 0.1) is 5.69 Å². The van der Waals surface area contributed by atoms with Gasteiger partial charge in [-0.2, -0.15) is 0 Å². The van der Waals surface area contributed by atoms with Crippen molar-refractivity contribution >= 4 is 5.69 Å². The van der Waals surface area contributed by atoms with Crippen LogP contribution in [0.5, 0.6) is 0 Å². The second kappa shape index (κ2) is 6.16. The van der Waals surface area contributed by atoms with Gasteiger partial charge in [-0.05, 0) is 30.9 Å². The normalized spacial score (nSPS) is 14.8. The van der Waals surface area contributed by atoms with E-state index in [1.807, 2.05) is 18.0 Å². The lowest BCUT2D eigenvalue weighted by atomic mass is 10.1. The molecule has 1 aromatic rings. The minimum Gasteiger partial charge on any atom is -0.396 e. The van der Waals surface area contributed by atoms with E-state index in [4.69, 9.17) is 5.11 Å². The topological polar surface area (TPSA) is 35.5 Å². The standard InChI is InChI=1S/C14H21FN2O/c1-17(8-3-9-18)14-11(4-2-5-13(14)15)10-16-12-6-7-12/h2,4-5,12,16,18H,3,6-10H2,1H3. The summed E-state index contributed by atoms with van der Waals surface area (Å²) in [5.74, 6) is -0.189. The number of rotatable bonds is 7. The SMILES string of the molecule is CN(CCCO)c1c(F)cccc1CNC1CC1. The van der Waals surface area contributed by atoms with Crippen LogP contribution in [0.1, 0.15) is 24.8 Å². The van der Waals surface area contributed by atoms with E-state index in [1.165, 1.54) is 18.9 Å². The highest BCUT2D eigenvalue weighted by Gasteiger charge is 2.21.